The molecule has 0 atom stereocenters. The van der Waals surface area contributed by atoms with Crippen LogP contribution in [0.25, 0.3) is 11.3 Å². The van der Waals surface area contributed by atoms with E-state index in [1.807, 2.05) is 0 Å². The van der Waals surface area contributed by atoms with E-state index in [1.54, 1.807) is 12.1 Å². The minimum atomic E-state index is -0.343. The number of nitrogen functional groups attached to an aromatic ring is 1. The summed E-state index contributed by atoms with van der Waals surface area (Å²) in [7, 11) is 0. The summed E-state index contributed by atoms with van der Waals surface area (Å²) in [4.78, 5) is 0. The molecule has 0 aliphatic rings. The van der Waals surface area contributed by atoms with Gasteiger partial charge in [-0.1, -0.05) is 21.1 Å². The summed E-state index contributed by atoms with van der Waals surface area (Å²) in [5, 5.41) is 3.52. The summed E-state index contributed by atoms with van der Waals surface area (Å²) in [6.07, 6.45) is 0. The van der Waals surface area contributed by atoms with Gasteiger partial charge in [-0.3, -0.25) is 0 Å². The summed E-state index contributed by atoms with van der Waals surface area (Å²) < 4.78 is 18.5. The molecule has 0 radical (unpaired) electrons. The molecule has 0 saturated carbocycles. The summed E-state index contributed by atoms with van der Waals surface area (Å²) in [6.45, 7) is 0. The number of hydrogen-bond donors (Lipinski definition) is 1. The molecule has 72 valence electrons. The van der Waals surface area contributed by atoms with Crippen molar-refractivity contribution in [2.24, 2.45) is 0 Å². The first-order chi connectivity index (χ1) is 6.65. The largest absolute Gasteiger partial charge is 0.381 e. The van der Waals surface area contributed by atoms with Gasteiger partial charge in [0, 0.05) is 16.1 Å². The Hall–Kier alpha value is -1.36. The number of rotatable bonds is 1. The van der Waals surface area contributed by atoms with Crippen LogP contribution < -0.4 is 5.73 Å². The first kappa shape index (κ1) is 9.21. The SMILES string of the molecule is Nc1cc(-c2cc(F)cc(Br)c2)on1. The van der Waals surface area contributed by atoms with Gasteiger partial charge in [0.1, 0.15) is 5.82 Å². The van der Waals surface area contributed by atoms with Gasteiger partial charge in [-0.2, -0.15) is 0 Å². The minimum Gasteiger partial charge on any atom is -0.381 e. The third-order valence-electron chi connectivity index (χ3n) is 1.68. The van der Waals surface area contributed by atoms with E-state index in [1.165, 1.54) is 12.1 Å². The molecule has 0 fully saturated rings. The molecule has 1 aromatic heterocycles. The van der Waals surface area contributed by atoms with Gasteiger partial charge in [0.25, 0.3) is 0 Å². The summed E-state index contributed by atoms with van der Waals surface area (Å²) >= 11 is 3.18. The van der Waals surface area contributed by atoms with Crippen molar-refractivity contribution in [3.63, 3.8) is 0 Å². The van der Waals surface area contributed by atoms with Gasteiger partial charge in [0.05, 0.1) is 0 Å². The lowest BCUT2D eigenvalue weighted by atomic mass is 10.2. The molecule has 2 aromatic rings. The maximum Gasteiger partial charge on any atom is 0.169 e. The molecule has 1 aromatic carbocycles. The first-order valence-corrected chi connectivity index (χ1v) is 4.63. The zero-order chi connectivity index (χ0) is 10.1. The molecule has 0 aliphatic heterocycles. The fourth-order valence-corrected chi connectivity index (χ4v) is 1.59. The van der Waals surface area contributed by atoms with E-state index >= 15 is 0 Å². The number of benzene rings is 1. The predicted octanol–water partition coefficient (Wildman–Crippen LogP) is 2.83. The van der Waals surface area contributed by atoms with Crippen LogP contribution in [0.15, 0.2) is 33.3 Å². The smallest absolute Gasteiger partial charge is 0.169 e. The average Bonchev–Trinajstić information content (AvgIpc) is 2.50. The van der Waals surface area contributed by atoms with Crippen LogP contribution in [0.1, 0.15) is 0 Å². The lowest BCUT2D eigenvalue weighted by molar-refractivity contribution is 0.435. The van der Waals surface area contributed by atoms with Gasteiger partial charge in [0.2, 0.25) is 0 Å². The number of nitrogens with two attached hydrogens (primary N) is 1. The van der Waals surface area contributed by atoms with E-state index in [9.17, 15) is 4.39 Å². The van der Waals surface area contributed by atoms with Crippen molar-refractivity contribution in [3.8, 4) is 11.3 Å². The normalized spacial score (nSPS) is 10.4. The van der Waals surface area contributed by atoms with E-state index in [0.717, 1.165) is 0 Å². The van der Waals surface area contributed by atoms with Gasteiger partial charge in [-0.25, -0.2) is 4.39 Å². The third kappa shape index (κ3) is 1.77. The number of hydrogen-bond acceptors (Lipinski definition) is 3. The Morgan fingerprint density at radius 2 is 2.07 bits per heavy atom. The van der Waals surface area contributed by atoms with Gasteiger partial charge >= 0.3 is 0 Å². The second kappa shape index (κ2) is 3.42. The van der Waals surface area contributed by atoms with E-state index in [4.69, 9.17) is 10.3 Å². The number of nitrogens with zero attached hydrogens (tertiary/aromatic N) is 1. The van der Waals surface area contributed by atoms with Crippen molar-refractivity contribution >= 4 is 21.7 Å². The second-order valence-corrected chi connectivity index (χ2v) is 3.69. The fourth-order valence-electron chi connectivity index (χ4n) is 1.12. The van der Waals surface area contributed by atoms with E-state index in [0.29, 0.717) is 15.8 Å². The highest BCUT2D eigenvalue weighted by Crippen LogP contribution is 2.25. The minimum absolute atomic E-state index is 0.278. The van der Waals surface area contributed by atoms with Gasteiger partial charge in [0.15, 0.2) is 11.6 Å². The summed E-state index contributed by atoms with van der Waals surface area (Å²) in [6, 6.07) is 5.98. The molecule has 5 heteroatoms. The summed E-state index contributed by atoms with van der Waals surface area (Å²) in [5.74, 6) is 0.382. The van der Waals surface area contributed by atoms with Crippen molar-refractivity contribution in [2.75, 3.05) is 5.73 Å². The van der Waals surface area contributed by atoms with Crippen LogP contribution in [-0.2, 0) is 0 Å². The van der Waals surface area contributed by atoms with Crippen molar-refractivity contribution in [1.29, 1.82) is 0 Å². The maximum atomic E-state index is 13.0. The molecule has 0 bridgehead atoms. The summed E-state index contributed by atoms with van der Waals surface area (Å²) in [5.41, 5.74) is 5.98. The first-order valence-electron chi connectivity index (χ1n) is 3.84. The highest BCUT2D eigenvalue weighted by molar-refractivity contribution is 9.10. The standard InChI is InChI=1S/C9H6BrFN2O/c10-6-1-5(2-7(11)3-6)8-4-9(12)13-14-8/h1-4H,(H2,12,13). The van der Waals surface area contributed by atoms with Gasteiger partial charge in [-0.05, 0) is 18.2 Å². The van der Waals surface area contributed by atoms with Crippen LogP contribution in [0, 0.1) is 5.82 Å². The van der Waals surface area contributed by atoms with Gasteiger partial charge < -0.3 is 10.3 Å². The molecular formula is C9H6BrFN2O. The molecule has 2 rings (SSSR count). The third-order valence-corrected chi connectivity index (χ3v) is 2.13. The van der Waals surface area contributed by atoms with Crippen molar-refractivity contribution in [2.45, 2.75) is 0 Å². The lowest BCUT2D eigenvalue weighted by Gasteiger charge is -1.96. The van der Waals surface area contributed by atoms with Crippen LogP contribution in [0.3, 0.4) is 0 Å². The van der Waals surface area contributed by atoms with Crippen LogP contribution in [-0.4, -0.2) is 5.16 Å². The Morgan fingerprint density at radius 3 is 2.64 bits per heavy atom. The van der Waals surface area contributed by atoms with Crippen LogP contribution in [0.2, 0.25) is 0 Å². The Kier molecular flexibility index (Phi) is 2.25. The van der Waals surface area contributed by atoms with Crippen molar-refractivity contribution in [1.82, 2.24) is 5.16 Å². The van der Waals surface area contributed by atoms with Crippen LogP contribution >= 0.6 is 15.9 Å². The van der Waals surface area contributed by atoms with Crippen molar-refractivity contribution in [3.05, 3.63) is 34.6 Å². The quantitative estimate of drug-likeness (QED) is 0.854. The molecule has 2 N–H and O–H groups in total. The monoisotopic (exact) mass is 256 g/mol. The maximum absolute atomic E-state index is 13.0. The molecule has 1 heterocycles. The Bertz CT molecular complexity index is 449. The molecule has 0 aliphatic carbocycles. The topological polar surface area (TPSA) is 52.0 Å². The second-order valence-electron chi connectivity index (χ2n) is 2.77. The van der Waals surface area contributed by atoms with E-state index in [2.05, 4.69) is 21.1 Å². The molecule has 0 saturated heterocycles. The molecule has 0 spiro atoms. The lowest BCUT2D eigenvalue weighted by Crippen LogP contribution is -1.80. The zero-order valence-corrected chi connectivity index (χ0v) is 8.58. The molecular weight excluding hydrogens is 251 g/mol. The molecule has 0 unspecified atom stereocenters. The number of anilines is 1. The zero-order valence-electron chi connectivity index (χ0n) is 7.00. The van der Waals surface area contributed by atoms with Crippen LogP contribution in [0.5, 0.6) is 0 Å². The van der Waals surface area contributed by atoms with Gasteiger partial charge in [-0.15, -0.1) is 0 Å². The average molecular weight is 257 g/mol. The van der Waals surface area contributed by atoms with Crippen LogP contribution in [0.4, 0.5) is 10.2 Å². The Labute approximate surface area is 87.8 Å². The van der Waals surface area contributed by atoms with Crippen molar-refractivity contribution < 1.29 is 8.91 Å². The highest BCUT2D eigenvalue weighted by Gasteiger charge is 2.06. The number of halogens is 2. The highest BCUT2D eigenvalue weighted by atomic mass is 79.9. The molecule has 14 heavy (non-hydrogen) atoms. The molecule has 3 nitrogen and oxygen atoms in total. The molecule has 0 amide bonds. The number of aromatic nitrogens is 1. The van der Waals surface area contributed by atoms with E-state index in [-0.39, 0.29) is 11.6 Å². The fraction of sp³-hybridized carbons (Fsp3) is 0. The Morgan fingerprint density at radius 1 is 1.29 bits per heavy atom. The Balaban J connectivity index is 2.51. The predicted molar refractivity (Wildman–Crippen MR) is 54.0 cm³/mol. The van der Waals surface area contributed by atoms with E-state index < -0.39 is 0 Å².